The van der Waals surface area contributed by atoms with E-state index in [9.17, 15) is 24.0 Å². The third kappa shape index (κ3) is 12.9. The molecule has 0 spiro atoms. The quantitative estimate of drug-likeness (QED) is 0.0688. The number of likely N-dealkylation sites (tertiary alicyclic amines) is 1. The maximum atomic E-state index is 12.6. The van der Waals surface area contributed by atoms with Crippen LogP contribution in [0.25, 0.3) is 0 Å². The Kier molecular flexibility index (Phi) is 16.9. The number of unbranched alkanes of at least 4 members (excludes halogenated alkanes) is 2. The van der Waals surface area contributed by atoms with E-state index >= 15 is 0 Å². The molecule has 1 saturated heterocycles. The van der Waals surface area contributed by atoms with Crippen LogP contribution in [0.4, 0.5) is 0 Å². The monoisotopic (exact) mass is 549 g/mol. The van der Waals surface area contributed by atoms with Gasteiger partial charge < -0.3 is 16.0 Å². The minimum absolute atomic E-state index is 0.0451. The summed E-state index contributed by atoms with van der Waals surface area (Å²) >= 11 is 6.94. The highest BCUT2D eigenvalue weighted by atomic mass is 32.2. The summed E-state index contributed by atoms with van der Waals surface area (Å²) in [7, 11) is 0. The number of thiol groups is 1. The molecule has 0 bridgehead atoms. The van der Waals surface area contributed by atoms with Gasteiger partial charge in [-0.15, -0.1) is 0 Å². The average Bonchev–Trinajstić information content (AvgIpc) is 3.10. The molecule has 35 heavy (non-hydrogen) atoms. The SMILES string of the molecule is CCCCCNSC1CC(=O)N(CCC(=O)NC(CCC(=O)NCCSC)C(=O)NCCS)C1=O. The van der Waals surface area contributed by atoms with Crippen LogP contribution < -0.4 is 20.7 Å². The van der Waals surface area contributed by atoms with Gasteiger partial charge in [0.15, 0.2) is 0 Å². The third-order valence-electron chi connectivity index (χ3n) is 5.22. The molecule has 1 fully saturated rings. The largest absolute Gasteiger partial charge is 0.355 e. The van der Waals surface area contributed by atoms with E-state index in [4.69, 9.17) is 0 Å². The highest BCUT2D eigenvalue weighted by Gasteiger charge is 2.39. The Bertz CT molecular complexity index is 713. The molecule has 0 aromatic carbocycles. The first-order valence-electron chi connectivity index (χ1n) is 12.0. The van der Waals surface area contributed by atoms with Crippen molar-refractivity contribution in [2.45, 2.75) is 63.2 Å². The fourth-order valence-electron chi connectivity index (χ4n) is 3.29. The maximum absolute atomic E-state index is 12.6. The second-order valence-electron chi connectivity index (χ2n) is 8.06. The lowest BCUT2D eigenvalue weighted by atomic mass is 10.1. The molecule has 1 aliphatic rings. The topological polar surface area (TPSA) is 137 Å². The summed E-state index contributed by atoms with van der Waals surface area (Å²) in [4.78, 5) is 63.0. The van der Waals surface area contributed by atoms with Crippen LogP contribution in [0.15, 0.2) is 0 Å². The van der Waals surface area contributed by atoms with E-state index < -0.39 is 23.1 Å². The number of carbonyl (C=O) groups is 5. The first-order chi connectivity index (χ1) is 16.8. The van der Waals surface area contributed by atoms with Crippen molar-refractivity contribution < 1.29 is 24.0 Å². The minimum Gasteiger partial charge on any atom is -0.355 e. The fourth-order valence-corrected chi connectivity index (χ4v) is 4.63. The molecule has 1 aliphatic heterocycles. The smallest absolute Gasteiger partial charge is 0.244 e. The van der Waals surface area contributed by atoms with Crippen LogP contribution in [0.2, 0.25) is 0 Å². The highest BCUT2D eigenvalue weighted by Crippen LogP contribution is 2.23. The first kappa shape index (κ1) is 31.6. The van der Waals surface area contributed by atoms with E-state index in [0.717, 1.165) is 36.5 Å². The molecule has 0 aromatic rings. The Hall–Kier alpha value is -1.44. The number of imide groups is 1. The molecule has 0 radical (unpaired) electrons. The van der Waals surface area contributed by atoms with Crippen LogP contribution in [-0.2, 0) is 24.0 Å². The number of hydrogen-bond donors (Lipinski definition) is 5. The maximum Gasteiger partial charge on any atom is 0.244 e. The zero-order chi connectivity index (χ0) is 26.1. The van der Waals surface area contributed by atoms with Gasteiger partial charge >= 0.3 is 0 Å². The van der Waals surface area contributed by atoms with Crippen molar-refractivity contribution in [1.29, 1.82) is 0 Å². The van der Waals surface area contributed by atoms with Crippen molar-refractivity contribution in [3.63, 3.8) is 0 Å². The lowest BCUT2D eigenvalue weighted by Gasteiger charge is -2.19. The molecule has 2 atom stereocenters. The minimum atomic E-state index is -0.894. The van der Waals surface area contributed by atoms with Gasteiger partial charge in [0, 0.05) is 56.9 Å². The van der Waals surface area contributed by atoms with Gasteiger partial charge in [0.2, 0.25) is 29.5 Å². The summed E-state index contributed by atoms with van der Waals surface area (Å²) in [6, 6.07) is -0.894. The zero-order valence-electron chi connectivity index (χ0n) is 20.6. The van der Waals surface area contributed by atoms with Crippen LogP contribution in [0.3, 0.4) is 0 Å². The summed E-state index contributed by atoms with van der Waals surface area (Å²) < 4.78 is 3.15. The lowest BCUT2D eigenvalue weighted by Crippen LogP contribution is -2.48. The van der Waals surface area contributed by atoms with Crippen molar-refractivity contribution in [3.05, 3.63) is 0 Å². The molecule has 10 nitrogen and oxygen atoms in total. The number of carbonyl (C=O) groups excluding carboxylic acids is 5. The van der Waals surface area contributed by atoms with Gasteiger partial charge in [-0.05, 0) is 19.1 Å². The molecule has 0 aromatic heterocycles. The zero-order valence-corrected chi connectivity index (χ0v) is 23.1. The number of hydrogen-bond acceptors (Lipinski definition) is 9. The summed E-state index contributed by atoms with van der Waals surface area (Å²) in [6.45, 7) is 3.70. The number of thioether (sulfide) groups is 1. The molecule has 1 rings (SSSR count). The summed E-state index contributed by atoms with van der Waals surface area (Å²) in [5.41, 5.74) is 0. The van der Waals surface area contributed by atoms with E-state index in [2.05, 4.69) is 40.2 Å². The Morgan fingerprint density at radius 3 is 2.54 bits per heavy atom. The van der Waals surface area contributed by atoms with Gasteiger partial charge in [0.25, 0.3) is 0 Å². The van der Waals surface area contributed by atoms with Gasteiger partial charge in [-0.1, -0.05) is 31.7 Å². The first-order valence-corrected chi connectivity index (χ1v) is 14.9. The number of nitrogens with zero attached hydrogens (tertiary/aromatic N) is 1. The summed E-state index contributed by atoms with van der Waals surface area (Å²) in [5, 5.41) is 7.59. The Balaban J connectivity index is 2.53. The van der Waals surface area contributed by atoms with Crippen molar-refractivity contribution in [2.24, 2.45) is 0 Å². The van der Waals surface area contributed by atoms with Crippen LogP contribution in [0, 0.1) is 0 Å². The lowest BCUT2D eigenvalue weighted by molar-refractivity contribution is -0.139. The van der Waals surface area contributed by atoms with Crippen molar-refractivity contribution in [3.8, 4) is 0 Å². The normalized spacial score (nSPS) is 16.3. The second-order valence-corrected chi connectivity index (χ2v) is 10.6. The van der Waals surface area contributed by atoms with Crippen molar-refractivity contribution in [1.82, 2.24) is 25.6 Å². The van der Waals surface area contributed by atoms with E-state index in [1.165, 1.54) is 11.9 Å². The number of rotatable bonds is 19. The van der Waals surface area contributed by atoms with Gasteiger partial charge in [-0.25, -0.2) is 0 Å². The molecule has 4 N–H and O–H groups in total. The summed E-state index contributed by atoms with van der Waals surface area (Å²) in [5.74, 6) is -0.442. The van der Waals surface area contributed by atoms with E-state index in [1.807, 2.05) is 6.26 Å². The Morgan fingerprint density at radius 2 is 1.86 bits per heavy atom. The molecule has 2 unspecified atom stereocenters. The van der Waals surface area contributed by atoms with E-state index in [0.29, 0.717) is 18.8 Å². The molecule has 13 heteroatoms. The van der Waals surface area contributed by atoms with Crippen molar-refractivity contribution in [2.75, 3.05) is 43.9 Å². The fraction of sp³-hybridized carbons (Fsp3) is 0.773. The van der Waals surface area contributed by atoms with Gasteiger partial charge in [-0.2, -0.15) is 24.4 Å². The second kappa shape index (κ2) is 18.8. The van der Waals surface area contributed by atoms with Crippen molar-refractivity contribution >= 4 is 65.9 Å². The van der Waals surface area contributed by atoms with Crippen LogP contribution >= 0.6 is 36.3 Å². The van der Waals surface area contributed by atoms with Crippen LogP contribution in [-0.4, -0.2) is 89.7 Å². The standard InChI is InChI=1S/C22H39N5O5S3/c1-3-4-5-9-25-35-17-15-20(30)27(22(17)32)12-8-19(29)26-16(21(31)24-10-13-33)6-7-18(28)23-11-14-34-2/h16-17,25,33H,3-15H2,1-2H3,(H,23,28)(H,24,31)(H,26,29). The third-order valence-corrected chi connectivity index (χ3v) is 7.08. The van der Waals surface area contributed by atoms with Gasteiger partial charge in [0.1, 0.15) is 11.3 Å². The molecule has 5 amide bonds. The van der Waals surface area contributed by atoms with E-state index in [1.54, 1.807) is 11.8 Å². The average molecular weight is 550 g/mol. The number of nitrogens with one attached hydrogen (secondary N) is 4. The molecule has 200 valence electrons. The summed E-state index contributed by atoms with van der Waals surface area (Å²) in [6.07, 6.45) is 5.36. The molecule has 0 aliphatic carbocycles. The Labute approximate surface area is 222 Å². The van der Waals surface area contributed by atoms with E-state index in [-0.39, 0.29) is 49.9 Å². The molecular weight excluding hydrogens is 510 g/mol. The number of amides is 5. The Morgan fingerprint density at radius 1 is 1.09 bits per heavy atom. The van der Waals surface area contributed by atoms with Gasteiger partial charge in [0.05, 0.1) is 0 Å². The molecule has 1 heterocycles. The van der Waals surface area contributed by atoms with Crippen LogP contribution in [0.1, 0.15) is 51.9 Å². The predicted molar refractivity (Wildman–Crippen MR) is 144 cm³/mol. The highest BCUT2D eigenvalue weighted by molar-refractivity contribution is 7.98. The van der Waals surface area contributed by atoms with Crippen LogP contribution in [0.5, 0.6) is 0 Å². The van der Waals surface area contributed by atoms with Gasteiger partial charge in [-0.3, -0.25) is 33.6 Å². The molecular formula is C22H39N5O5S3. The predicted octanol–water partition coefficient (Wildman–Crippen LogP) is 0.722. The molecule has 0 saturated carbocycles.